The maximum atomic E-state index is 12.3. The van der Waals surface area contributed by atoms with Crippen molar-refractivity contribution < 1.29 is 60.6 Å². The summed E-state index contributed by atoms with van der Waals surface area (Å²) in [4.78, 5) is 30.5. The second-order valence-electron chi connectivity index (χ2n) is 15.1. The zero-order valence-electron chi connectivity index (χ0n) is 37.9. The first kappa shape index (κ1) is 51.7. The highest BCUT2D eigenvalue weighted by Crippen LogP contribution is 2.41. The van der Waals surface area contributed by atoms with Gasteiger partial charge in [-0.1, -0.05) is 65.7 Å². The molecule has 0 spiro atoms. The van der Waals surface area contributed by atoms with Gasteiger partial charge in [-0.15, -0.1) is 24.8 Å². The van der Waals surface area contributed by atoms with Crippen LogP contribution in [-0.2, 0) is 34.5 Å². The van der Waals surface area contributed by atoms with E-state index in [-0.39, 0.29) is 73.6 Å². The van der Waals surface area contributed by atoms with Crippen LogP contribution < -0.4 is 11.5 Å². The molecule has 77 heavy (non-hydrogen) atoms. The minimum Gasteiger partial charge on any atom is -0.479 e. The number of hydrogen-bond acceptors (Lipinski definition) is 26. The Morgan fingerprint density at radius 1 is 0.701 bits per heavy atom. The molecule has 0 radical (unpaired) electrons. The van der Waals surface area contributed by atoms with Crippen LogP contribution in [0.25, 0.3) is 50.6 Å². The molecule has 0 saturated heterocycles. The Bertz CT molecular complexity index is 4190. The molecule has 0 atom stereocenters. The van der Waals surface area contributed by atoms with Crippen LogP contribution in [0, 0.1) is 17.9 Å². The number of anilines is 2. The van der Waals surface area contributed by atoms with E-state index >= 15 is 0 Å². The van der Waals surface area contributed by atoms with E-state index in [0.29, 0.717) is 29.2 Å². The van der Waals surface area contributed by atoms with E-state index < -0.39 is 59.5 Å². The van der Waals surface area contributed by atoms with Crippen LogP contribution in [0.3, 0.4) is 0 Å². The molecule has 9 N–H and O–H groups in total. The molecule has 0 amide bonds. The molecule has 0 aliphatic rings. The number of hydrogen-bond donors (Lipinski definition) is 7. The Balaban J connectivity index is 1.16. The highest BCUT2D eigenvalue weighted by molar-refractivity contribution is 7.94. The minimum absolute atomic E-state index is 0.0219. The molecular formula is C42H27N19O13S3. The summed E-state index contributed by atoms with van der Waals surface area (Å²) in [5.74, 6) is -3.60. The monoisotopic (exact) mass is 1100 g/mol. The third-order valence-corrected chi connectivity index (χ3v) is 12.6. The summed E-state index contributed by atoms with van der Waals surface area (Å²) in [6, 6.07) is 23.5. The molecular weight excluding hydrogens is 1070 g/mol. The molecule has 35 heteroatoms. The van der Waals surface area contributed by atoms with E-state index in [1.54, 1.807) is 60.7 Å². The van der Waals surface area contributed by atoms with E-state index in [0.717, 1.165) is 55.4 Å². The number of azo groups is 2. The van der Waals surface area contributed by atoms with Gasteiger partial charge in [0.25, 0.3) is 37.8 Å². The summed E-state index contributed by atoms with van der Waals surface area (Å²) in [6.45, 7) is 7.80. The van der Waals surface area contributed by atoms with E-state index in [9.17, 15) is 41.1 Å². The van der Waals surface area contributed by atoms with Gasteiger partial charge in [0.15, 0.2) is 34.6 Å². The first-order valence-corrected chi connectivity index (χ1v) is 24.4. The Labute approximate surface area is 433 Å². The molecule has 4 aromatic carbocycles. The smallest absolute Gasteiger partial charge is 0.372 e. The van der Waals surface area contributed by atoms with Crippen molar-refractivity contribution in [3.05, 3.63) is 132 Å². The molecule has 386 valence electrons. The van der Waals surface area contributed by atoms with Crippen LogP contribution in [0.1, 0.15) is 15.9 Å². The molecule has 0 saturated carbocycles. The van der Waals surface area contributed by atoms with Gasteiger partial charge in [-0.3, -0.25) is 14.0 Å². The number of aromatic nitrogens is 11. The molecule has 0 aliphatic carbocycles. The van der Waals surface area contributed by atoms with Gasteiger partial charge in [-0.25, -0.2) is 24.3 Å². The maximum Gasteiger partial charge on any atom is 0.372 e. The van der Waals surface area contributed by atoms with Crippen LogP contribution in [0.5, 0.6) is 6.01 Å². The van der Waals surface area contributed by atoms with Gasteiger partial charge in [0, 0.05) is 16.0 Å². The van der Waals surface area contributed by atoms with Crippen LogP contribution in [0.4, 0.5) is 40.3 Å². The number of carbonyl (C=O) groups excluding carboxylic acids is 1. The largest absolute Gasteiger partial charge is 0.479 e. The Morgan fingerprint density at radius 3 is 1.74 bits per heavy atom. The summed E-state index contributed by atoms with van der Waals surface area (Å²) in [5.41, 5.74) is 12.6. The van der Waals surface area contributed by atoms with Crippen molar-refractivity contribution in [2.24, 2.45) is 20.5 Å². The third-order valence-electron chi connectivity index (χ3n) is 10.4. The van der Waals surface area contributed by atoms with Crippen molar-refractivity contribution in [2.75, 3.05) is 11.5 Å². The molecule has 0 fully saturated rings. The lowest BCUT2D eigenvalue weighted by molar-refractivity contribution is -0.432. The minimum atomic E-state index is -4.98. The maximum absolute atomic E-state index is 12.3. The number of aromatic hydroxyl groups is 1. The van der Waals surface area contributed by atoms with Gasteiger partial charge in [0.1, 0.15) is 23.0 Å². The van der Waals surface area contributed by atoms with Gasteiger partial charge in [-0.05, 0) is 36.4 Å². The topological polar surface area (TPSA) is 454 Å². The van der Waals surface area contributed by atoms with Crippen LogP contribution in [0.2, 0.25) is 0 Å². The summed E-state index contributed by atoms with van der Waals surface area (Å²) >= 11 is 0.361. The molecule has 5 heterocycles. The lowest BCUT2D eigenvalue weighted by Gasteiger charge is -2.09. The number of rotatable bonds is 16. The van der Waals surface area contributed by atoms with Crippen LogP contribution >= 0.6 is 12.0 Å². The molecule has 0 unspecified atom stereocenters. The Kier molecular flexibility index (Phi) is 14.1. The molecule has 5 aromatic heterocycles. The third kappa shape index (κ3) is 10.5. The van der Waals surface area contributed by atoms with Crippen LogP contribution in [-0.4, -0.2) is 102 Å². The standard InChI is InChI=1S/C42H27N19O13S3/c1-46-30-20-48-59(26-14-27(75-74-73-65)17-29(16-26)77(69,70)71)38(30)55-53-34-32(22-10-6-3-7-11-22)57-61(36(34)45)41-49-40(50-42(63)51-41)60-35(44)33(31(56-60)21-8-4-2-5-9-21)52-54-37-24(18-43)19-47-58(37)25-12-23(39(62)72-64)13-28(15-25)76(66,67)68/h2-17,19-20,64-65H,44-45H2,(H,66,67,68)(H,69,70,71)(H,49,50,51,63). The summed E-state index contributed by atoms with van der Waals surface area (Å²) in [6.07, 6.45) is 2.13. The number of nitriles is 1. The van der Waals surface area contributed by atoms with Gasteiger partial charge in [0.05, 0.1) is 57.7 Å². The zero-order valence-corrected chi connectivity index (χ0v) is 40.3. The van der Waals surface area contributed by atoms with Crippen LogP contribution in [0.15, 0.2) is 145 Å². The highest BCUT2D eigenvalue weighted by Gasteiger charge is 2.27. The fraction of sp³-hybridized carbons (Fsp3) is 0. The number of nitrogens with zero attached hydrogens (tertiary/aromatic N) is 17. The fourth-order valence-corrected chi connectivity index (χ4v) is 8.63. The van der Waals surface area contributed by atoms with Crippen molar-refractivity contribution in [2.45, 2.75) is 14.7 Å². The van der Waals surface area contributed by atoms with Gasteiger partial charge < -0.3 is 16.6 Å². The summed E-state index contributed by atoms with van der Waals surface area (Å²) in [7, 11) is -9.82. The molecule has 9 rings (SSSR count). The highest BCUT2D eigenvalue weighted by atomic mass is 32.2. The summed E-state index contributed by atoms with van der Waals surface area (Å²) < 4.78 is 76.8. The molecule has 32 nitrogen and oxygen atoms in total. The Morgan fingerprint density at radius 2 is 1.22 bits per heavy atom. The zero-order chi connectivity index (χ0) is 54.8. The first-order valence-electron chi connectivity index (χ1n) is 20.8. The molecule has 9 aromatic rings. The second kappa shape index (κ2) is 21.0. The first-order chi connectivity index (χ1) is 36.9. The van der Waals surface area contributed by atoms with E-state index in [4.69, 9.17) is 28.6 Å². The van der Waals surface area contributed by atoms with Crippen molar-refractivity contribution in [1.29, 1.82) is 5.26 Å². The normalized spacial score (nSPS) is 11.8. The van der Waals surface area contributed by atoms with E-state index in [1.807, 2.05) is 6.07 Å². The van der Waals surface area contributed by atoms with Crippen molar-refractivity contribution in [1.82, 2.24) is 54.1 Å². The van der Waals surface area contributed by atoms with E-state index in [1.165, 1.54) is 6.07 Å². The Hall–Kier alpha value is -10.2. The number of carbonyl (C=O) groups is 1. The number of nitrogen functional groups attached to an aromatic ring is 2. The summed E-state index contributed by atoms with van der Waals surface area (Å²) in [5, 5.41) is 77.0. The second-order valence-corrected chi connectivity index (χ2v) is 18.7. The average molecular weight is 1100 g/mol. The predicted molar refractivity (Wildman–Crippen MR) is 260 cm³/mol. The quantitative estimate of drug-likeness (QED) is 0.0133. The predicted octanol–water partition coefficient (Wildman–Crippen LogP) is 6.62. The van der Waals surface area contributed by atoms with Gasteiger partial charge in [-0.2, -0.15) is 72.1 Å². The average Bonchev–Trinajstić information content (AvgIpc) is 4.21. The van der Waals surface area contributed by atoms with E-state index in [2.05, 4.69) is 74.9 Å². The lowest BCUT2D eigenvalue weighted by Crippen LogP contribution is -2.13. The van der Waals surface area contributed by atoms with Crippen molar-refractivity contribution in [3.63, 3.8) is 0 Å². The van der Waals surface area contributed by atoms with Gasteiger partial charge in [0.2, 0.25) is 0 Å². The number of nitrogens with two attached hydrogens (primary N) is 2. The lowest BCUT2D eigenvalue weighted by atomic mass is 10.1. The fourth-order valence-electron chi connectivity index (χ4n) is 7.01. The molecule has 0 aliphatic heterocycles. The number of benzene rings is 4. The molecule has 0 bridgehead atoms. The van der Waals surface area contributed by atoms with Crippen molar-refractivity contribution >= 4 is 78.6 Å². The van der Waals surface area contributed by atoms with Crippen molar-refractivity contribution in [3.8, 4) is 57.9 Å². The van der Waals surface area contributed by atoms with Gasteiger partial charge >= 0.3 is 12.0 Å². The SMILES string of the molecule is [C-]#[N+]c1cnn(-c2cc(SOOO)cc(S(=O)(=O)O)c2)c1N=Nc1c(-c2ccccc2)nn(-c2nc(O)nc(-n3nc(-c4ccccc4)c(N=Nc4c(C#N)cnn4-c4cc(C(=O)OO)cc(S(=O)(=O)O)c4)c3N)n2)c1N.